The van der Waals surface area contributed by atoms with Crippen molar-refractivity contribution in [2.75, 3.05) is 11.9 Å². The first-order valence-electron chi connectivity index (χ1n) is 7.69. The number of ether oxygens (including phenoxy) is 1. The summed E-state index contributed by atoms with van der Waals surface area (Å²) < 4.78 is 5.43. The number of hydrogen-bond donors (Lipinski definition) is 2. The molecule has 0 aliphatic carbocycles. The number of nitrogens with zero attached hydrogens (tertiary/aromatic N) is 1. The topological polar surface area (TPSA) is 36.5 Å². The molecule has 4 nitrogen and oxygen atoms in total. The standard InChI is InChI=1S/C16H25N3OS/c1-4-20-15-10-8-14(9-11-15)17-16(21)18-19-12(2)6-5-7-13(19)3/h8-13H,4-7H2,1-3H3,(H2,17,18,21)/t12-,13-/m0/s1. The zero-order valence-electron chi connectivity index (χ0n) is 13.1. The van der Waals surface area contributed by atoms with Crippen LogP contribution >= 0.6 is 12.2 Å². The monoisotopic (exact) mass is 307 g/mol. The van der Waals surface area contributed by atoms with Crippen LogP contribution in [0.15, 0.2) is 24.3 Å². The van der Waals surface area contributed by atoms with Gasteiger partial charge in [0.05, 0.1) is 6.61 Å². The minimum Gasteiger partial charge on any atom is -0.494 e. The second-order valence-electron chi connectivity index (χ2n) is 5.56. The van der Waals surface area contributed by atoms with Crippen molar-refractivity contribution in [3.63, 3.8) is 0 Å². The Morgan fingerprint density at radius 2 is 1.86 bits per heavy atom. The molecule has 0 unspecified atom stereocenters. The molecular formula is C16H25N3OS. The van der Waals surface area contributed by atoms with Crippen LogP contribution in [-0.2, 0) is 0 Å². The lowest BCUT2D eigenvalue weighted by Gasteiger charge is -2.39. The molecule has 1 saturated heterocycles. The summed E-state index contributed by atoms with van der Waals surface area (Å²) in [6.45, 7) is 7.13. The van der Waals surface area contributed by atoms with Crippen molar-refractivity contribution in [3.8, 4) is 5.75 Å². The molecule has 1 fully saturated rings. The van der Waals surface area contributed by atoms with Crippen molar-refractivity contribution >= 4 is 23.0 Å². The quantitative estimate of drug-likeness (QED) is 0.832. The molecule has 0 radical (unpaired) electrons. The third kappa shape index (κ3) is 4.58. The number of benzene rings is 1. The van der Waals surface area contributed by atoms with E-state index in [1.807, 2.05) is 31.2 Å². The zero-order valence-corrected chi connectivity index (χ0v) is 13.9. The first kappa shape index (κ1) is 16.0. The molecule has 0 saturated carbocycles. The highest BCUT2D eigenvalue weighted by Gasteiger charge is 2.25. The molecular weight excluding hydrogens is 282 g/mol. The molecule has 21 heavy (non-hydrogen) atoms. The average Bonchev–Trinajstić information content (AvgIpc) is 2.45. The number of hydrogen-bond acceptors (Lipinski definition) is 3. The fourth-order valence-electron chi connectivity index (χ4n) is 2.72. The van der Waals surface area contributed by atoms with Gasteiger partial charge in [-0.05, 0) is 70.1 Å². The van der Waals surface area contributed by atoms with E-state index in [-0.39, 0.29) is 0 Å². The predicted molar refractivity (Wildman–Crippen MR) is 91.6 cm³/mol. The molecule has 1 heterocycles. The summed E-state index contributed by atoms with van der Waals surface area (Å²) in [5, 5.41) is 6.12. The number of piperidine rings is 1. The van der Waals surface area contributed by atoms with Gasteiger partial charge in [-0.25, -0.2) is 5.01 Å². The summed E-state index contributed by atoms with van der Waals surface area (Å²) in [7, 11) is 0. The van der Waals surface area contributed by atoms with Gasteiger partial charge in [-0.2, -0.15) is 0 Å². The zero-order chi connectivity index (χ0) is 15.2. The largest absolute Gasteiger partial charge is 0.494 e. The minimum absolute atomic E-state index is 0.508. The lowest BCUT2D eigenvalue weighted by atomic mass is 10.00. The van der Waals surface area contributed by atoms with Gasteiger partial charge in [0.15, 0.2) is 5.11 Å². The van der Waals surface area contributed by atoms with Gasteiger partial charge in [0.2, 0.25) is 0 Å². The number of anilines is 1. The van der Waals surface area contributed by atoms with E-state index in [1.165, 1.54) is 19.3 Å². The van der Waals surface area contributed by atoms with Crippen LogP contribution in [0, 0.1) is 0 Å². The number of thiocarbonyl (C=S) groups is 1. The Labute approximate surface area is 132 Å². The van der Waals surface area contributed by atoms with E-state index in [4.69, 9.17) is 17.0 Å². The lowest BCUT2D eigenvalue weighted by Crippen LogP contribution is -2.55. The third-order valence-electron chi connectivity index (χ3n) is 3.85. The fourth-order valence-corrected chi connectivity index (χ4v) is 2.94. The first-order chi connectivity index (χ1) is 10.1. The Kier molecular flexibility index (Phi) is 5.82. The second-order valence-corrected chi connectivity index (χ2v) is 5.97. The molecule has 0 bridgehead atoms. The normalized spacial score (nSPS) is 22.6. The van der Waals surface area contributed by atoms with Crippen molar-refractivity contribution in [3.05, 3.63) is 24.3 Å². The summed E-state index contributed by atoms with van der Waals surface area (Å²) in [6, 6.07) is 8.85. The van der Waals surface area contributed by atoms with E-state index < -0.39 is 0 Å². The Balaban J connectivity index is 1.88. The van der Waals surface area contributed by atoms with Gasteiger partial charge in [0.1, 0.15) is 5.75 Å². The van der Waals surface area contributed by atoms with Gasteiger partial charge in [0, 0.05) is 17.8 Å². The highest BCUT2D eigenvalue weighted by atomic mass is 32.1. The van der Waals surface area contributed by atoms with Crippen LogP contribution < -0.4 is 15.5 Å². The summed E-state index contributed by atoms with van der Waals surface area (Å²) in [4.78, 5) is 0. The van der Waals surface area contributed by atoms with Gasteiger partial charge in [-0.3, -0.25) is 5.43 Å². The van der Waals surface area contributed by atoms with Crippen molar-refractivity contribution < 1.29 is 4.74 Å². The van der Waals surface area contributed by atoms with Gasteiger partial charge >= 0.3 is 0 Å². The van der Waals surface area contributed by atoms with Crippen molar-refractivity contribution in [1.82, 2.24) is 10.4 Å². The van der Waals surface area contributed by atoms with E-state index in [2.05, 4.69) is 29.6 Å². The Morgan fingerprint density at radius 3 is 2.43 bits per heavy atom. The summed E-state index contributed by atoms with van der Waals surface area (Å²) in [5.74, 6) is 0.875. The maximum Gasteiger partial charge on any atom is 0.185 e. The molecule has 1 aromatic carbocycles. The van der Waals surface area contributed by atoms with Gasteiger partial charge in [-0.1, -0.05) is 6.42 Å². The van der Waals surface area contributed by atoms with Gasteiger partial charge in [-0.15, -0.1) is 0 Å². The number of hydrazine groups is 1. The second kappa shape index (κ2) is 7.61. The molecule has 2 atom stereocenters. The average molecular weight is 307 g/mol. The van der Waals surface area contributed by atoms with Crippen LogP contribution in [0.2, 0.25) is 0 Å². The minimum atomic E-state index is 0.508. The lowest BCUT2D eigenvalue weighted by molar-refractivity contribution is 0.0750. The van der Waals surface area contributed by atoms with E-state index in [9.17, 15) is 0 Å². The van der Waals surface area contributed by atoms with E-state index in [1.54, 1.807) is 0 Å². The van der Waals surface area contributed by atoms with Crippen molar-refractivity contribution in [2.45, 2.75) is 52.1 Å². The maximum atomic E-state index is 5.43. The molecule has 0 amide bonds. The molecule has 2 N–H and O–H groups in total. The van der Waals surface area contributed by atoms with Gasteiger partial charge < -0.3 is 10.1 Å². The molecule has 1 aromatic rings. The first-order valence-corrected chi connectivity index (χ1v) is 8.09. The Bertz CT molecular complexity index is 453. The number of nitrogens with one attached hydrogen (secondary N) is 2. The van der Waals surface area contributed by atoms with Crippen molar-refractivity contribution in [2.24, 2.45) is 0 Å². The highest BCUT2D eigenvalue weighted by Crippen LogP contribution is 2.20. The van der Waals surface area contributed by atoms with Crippen LogP contribution in [0.25, 0.3) is 0 Å². The number of rotatable bonds is 4. The van der Waals surface area contributed by atoms with E-state index >= 15 is 0 Å². The van der Waals surface area contributed by atoms with E-state index in [0.717, 1.165) is 11.4 Å². The molecule has 1 aliphatic heterocycles. The fraction of sp³-hybridized carbons (Fsp3) is 0.562. The Morgan fingerprint density at radius 1 is 1.24 bits per heavy atom. The summed E-state index contributed by atoms with van der Waals surface area (Å²) >= 11 is 5.41. The molecule has 0 aromatic heterocycles. The molecule has 1 aliphatic rings. The van der Waals surface area contributed by atoms with Crippen LogP contribution in [0.4, 0.5) is 5.69 Å². The predicted octanol–water partition coefficient (Wildman–Crippen LogP) is 3.55. The Hall–Kier alpha value is -1.33. The van der Waals surface area contributed by atoms with Crippen molar-refractivity contribution in [1.29, 1.82) is 0 Å². The van der Waals surface area contributed by atoms with Crippen LogP contribution in [0.5, 0.6) is 5.75 Å². The molecule has 0 spiro atoms. The smallest absolute Gasteiger partial charge is 0.185 e. The third-order valence-corrected chi connectivity index (χ3v) is 4.04. The molecule has 2 rings (SSSR count). The van der Waals surface area contributed by atoms with Crippen LogP contribution in [-0.4, -0.2) is 28.8 Å². The highest BCUT2D eigenvalue weighted by molar-refractivity contribution is 7.80. The van der Waals surface area contributed by atoms with E-state index in [0.29, 0.717) is 23.8 Å². The summed E-state index contributed by atoms with van der Waals surface area (Å²) in [6.07, 6.45) is 3.71. The molecule has 5 heteroatoms. The van der Waals surface area contributed by atoms with Gasteiger partial charge in [0.25, 0.3) is 0 Å². The van der Waals surface area contributed by atoms with Crippen LogP contribution in [0.1, 0.15) is 40.0 Å². The maximum absolute atomic E-state index is 5.43. The molecule has 116 valence electrons. The summed E-state index contributed by atoms with van der Waals surface area (Å²) in [5.41, 5.74) is 4.30. The SMILES string of the molecule is CCOc1ccc(NC(=S)NN2[C@@H](C)CCC[C@@H]2C)cc1. The van der Waals surface area contributed by atoms with Crippen LogP contribution in [0.3, 0.4) is 0 Å².